The minimum absolute atomic E-state index is 0.0882. The van der Waals surface area contributed by atoms with Gasteiger partial charge in [0.15, 0.2) is 0 Å². The molecule has 0 radical (unpaired) electrons. The molecule has 1 atom stereocenters. The number of halogens is 1. The maximum absolute atomic E-state index is 12.2. The summed E-state index contributed by atoms with van der Waals surface area (Å²) in [5.74, 6) is 0.857. The molecule has 1 saturated heterocycles. The van der Waals surface area contributed by atoms with E-state index in [0.717, 1.165) is 30.8 Å². The molecule has 0 saturated carbocycles. The normalized spacial score (nSPS) is 19.5. The summed E-state index contributed by atoms with van der Waals surface area (Å²) in [5, 5.41) is 0. The maximum atomic E-state index is 12.2. The molecule has 1 fully saturated rings. The predicted molar refractivity (Wildman–Crippen MR) is 71.0 cm³/mol. The van der Waals surface area contributed by atoms with Gasteiger partial charge < -0.3 is 9.64 Å². The lowest BCUT2D eigenvalue weighted by molar-refractivity contribution is 0.0793. The quantitative estimate of drug-likeness (QED) is 0.786. The van der Waals surface area contributed by atoms with E-state index in [1.807, 2.05) is 30.0 Å². The molecule has 92 valence electrons. The average molecular weight is 298 g/mol. The molecule has 1 amide bonds. The minimum Gasteiger partial charge on any atom is -0.496 e. The molecule has 1 aromatic carbocycles. The minimum atomic E-state index is 0.0882. The number of benzene rings is 1. The van der Waals surface area contributed by atoms with E-state index in [2.05, 4.69) is 15.9 Å². The molecule has 0 bridgehead atoms. The number of aryl methyl sites for hydroxylation is 1. The molecule has 4 heteroatoms. The summed E-state index contributed by atoms with van der Waals surface area (Å²) in [5.41, 5.74) is 1.75. The number of rotatable bonds is 2. The van der Waals surface area contributed by atoms with Gasteiger partial charge >= 0.3 is 0 Å². The lowest BCUT2D eigenvalue weighted by atomic mass is 10.1. The van der Waals surface area contributed by atoms with Crippen molar-refractivity contribution in [2.24, 2.45) is 0 Å². The Hall–Kier alpha value is -1.03. The van der Waals surface area contributed by atoms with Crippen molar-refractivity contribution in [3.63, 3.8) is 0 Å². The summed E-state index contributed by atoms with van der Waals surface area (Å²) >= 11 is 3.54. The Morgan fingerprint density at radius 2 is 2.29 bits per heavy atom. The van der Waals surface area contributed by atoms with Crippen LogP contribution in [0.1, 0.15) is 22.3 Å². The van der Waals surface area contributed by atoms with Gasteiger partial charge in [-0.1, -0.05) is 22.0 Å². The van der Waals surface area contributed by atoms with E-state index in [-0.39, 0.29) is 5.91 Å². The molecule has 0 aliphatic carbocycles. The fourth-order valence-electron chi connectivity index (χ4n) is 2.04. The van der Waals surface area contributed by atoms with Crippen LogP contribution in [0, 0.1) is 6.92 Å². The lowest BCUT2D eigenvalue weighted by Crippen LogP contribution is -2.28. The fourth-order valence-corrected chi connectivity index (χ4v) is 2.59. The highest BCUT2D eigenvalue weighted by Gasteiger charge is 2.25. The van der Waals surface area contributed by atoms with Crippen LogP contribution in [0.2, 0.25) is 0 Å². The van der Waals surface area contributed by atoms with Crippen molar-refractivity contribution in [1.82, 2.24) is 4.90 Å². The highest BCUT2D eigenvalue weighted by Crippen LogP contribution is 2.23. The van der Waals surface area contributed by atoms with E-state index in [9.17, 15) is 4.79 Å². The summed E-state index contributed by atoms with van der Waals surface area (Å²) in [6.45, 7) is 3.58. The summed E-state index contributed by atoms with van der Waals surface area (Å²) in [4.78, 5) is 14.5. The van der Waals surface area contributed by atoms with E-state index in [1.54, 1.807) is 7.11 Å². The number of ether oxygens (including phenoxy) is 1. The number of carbonyl (C=O) groups excluding carboxylic acids is 1. The largest absolute Gasteiger partial charge is 0.496 e. The number of carbonyl (C=O) groups is 1. The first-order valence-electron chi connectivity index (χ1n) is 5.70. The average Bonchev–Trinajstić information content (AvgIpc) is 2.75. The zero-order chi connectivity index (χ0) is 12.4. The van der Waals surface area contributed by atoms with Crippen LogP contribution in [0.4, 0.5) is 0 Å². The van der Waals surface area contributed by atoms with Crippen molar-refractivity contribution < 1.29 is 9.53 Å². The van der Waals surface area contributed by atoms with Crippen molar-refractivity contribution in [2.45, 2.75) is 18.2 Å². The van der Waals surface area contributed by atoms with E-state index >= 15 is 0 Å². The first-order valence-corrected chi connectivity index (χ1v) is 6.61. The molecule has 3 nitrogen and oxygen atoms in total. The summed E-state index contributed by atoms with van der Waals surface area (Å²) in [6.07, 6.45) is 1.02. The van der Waals surface area contributed by atoms with Crippen LogP contribution in [-0.2, 0) is 0 Å². The van der Waals surface area contributed by atoms with Crippen molar-refractivity contribution in [3.05, 3.63) is 29.3 Å². The third-order valence-corrected chi connectivity index (χ3v) is 3.82. The van der Waals surface area contributed by atoms with Crippen LogP contribution < -0.4 is 4.74 Å². The van der Waals surface area contributed by atoms with Crippen LogP contribution in [0.3, 0.4) is 0 Å². The van der Waals surface area contributed by atoms with Crippen LogP contribution in [0.15, 0.2) is 18.2 Å². The monoisotopic (exact) mass is 297 g/mol. The Morgan fingerprint density at radius 1 is 1.53 bits per heavy atom. The van der Waals surface area contributed by atoms with Gasteiger partial charge in [-0.25, -0.2) is 0 Å². The molecule has 2 rings (SSSR count). The fraction of sp³-hybridized carbons (Fsp3) is 0.462. The van der Waals surface area contributed by atoms with Gasteiger partial charge in [0.2, 0.25) is 0 Å². The summed E-state index contributed by atoms with van der Waals surface area (Å²) in [6, 6.07) is 5.61. The van der Waals surface area contributed by atoms with Gasteiger partial charge in [0.05, 0.1) is 7.11 Å². The standard InChI is InChI=1S/C13H16BrNO2/c1-9-3-4-10(7-12(9)17-2)13(16)15-6-5-11(14)8-15/h3-4,7,11H,5-6,8H2,1-2H3. The van der Waals surface area contributed by atoms with Gasteiger partial charge in [-0.15, -0.1) is 0 Å². The number of hydrogen-bond acceptors (Lipinski definition) is 2. The highest BCUT2D eigenvalue weighted by molar-refractivity contribution is 9.09. The number of hydrogen-bond donors (Lipinski definition) is 0. The second-order valence-electron chi connectivity index (χ2n) is 4.32. The van der Waals surface area contributed by atoms with Crippen LogP contribution in [0.5, 0.6) is 5.75 Å². The Morgan fingerprint density at radius 3 is 2.88 bits per heavy atom. The zero-order valence-electron chi connectivity index (χ0n) is 10.1. The van der Waals surface area contributed by atoms with Crippen LogP contribution >= 0.6 is 15.9 Å². The van der Waals surface area contributed by atoms with E-state index in [0.29, 0.717) is 10.4 Å². The van der Waals surface area contributed by atoms with Crippen molar-refractivity contribution in [3.8, 4) is 5.75 Å². The predicted octanol–water partition coefficient (Wildman–Crippen LogP) is 2.61. The van der Waals surface area contributed by atoms with E-state index in [1.165, 1.54) is 0 Å². The first kappa shape index (κ1) is 12.4. The van der Waals surface area contributed by atoms with Gasteiger partial charge in [0.1, 0.15) is 5.75 Å². The summed E-state index contributed by atoms with van der Waals surface area (Å²) in [7, 11) is 1.63. The molecule has 1 unspecified atom stereocenters. The third kappa shape index (κ3) is 2.63. The molecule has 1 aliphatic rings. The Bertz CT molecular complexity index is 433. The Labute approximate surface area is 110 Å². The molecule has 1 aromatic rings. The highest BCUT2D eigenvalue weighted by atomic mass is 79.9. The number of amides is 1. The summed E-state index contributed by atoms with van der Waals surface area (Å²) < 4.78 is 5.24. The van der Waals surface area contributed by atoms with Crippen LogP contribution in [0.25, 0.3) is 0 Å². The number of alkyl halides is 1. The van der Waals surface area contributed by atoms with Gasteiger partial charge in [-0.2, -0.15) is 0 Å². The molecular formula is C13H16BrNO2. The van der Waals surface area contributed by atoms with Gasteiger partial charge in [0, 0.05) is 23.5 Å². The van der Waals surface area contributed by atoms with Gasteiger partial charge in [0.25, 0.3) is 5.91 Å². The number of likely N-dealkylation sites (tertiary alicyclic amines) is 1. The van der Waals surface area contributed by atoms with Crippen molar-refractivity contribution >= 4 is 21.8 Å². The molecule has 0 spiro atoms. The maximum Gasteiger partial charge on any atom is 0.254 e. The second-order valence-corrected chi connectivity index (χ2v) is 5.62. The zero-order valence-corrected chi connectivity index (χ0v) is 11.7. The molecule has 1 aliphatic heterocycles. The van der Waals surface area contributed by atoms with Gasteiger partial charge in [-0.3, -0.25) is 4.79 Å². The van der Waals surface area contributed by atoms with E-state index in [4.69, 9.17) is 4.74 Å². The van der Waals surface area contributed by atoms with Crippen molar-refractivity contribution in [2.75, 3.05) is 20.2 Å². The van der Waals surface area contributed by atoms with Crippen molar-refractivity contribution in [1.29, 1.82) is 0 Å². The molecular weight excluding hydrogens is 282 g/mol. The van der Waals surface area contributed by atoms with E-state index < -0.39 is 0 Å². The molecule has 17 heavy (non-hydrogen) atoms. The molecule has 1 heterocycles. The smallest absolute Gasteiger partial charge is 0.254 e. The number of nitrogens with zero attached hydrogens (tertiary/aromatic N) is 1. The van der Waals surface area contributed by atoms with Crippen LogP contribution in [-0.4, -0.2) is 35.8 Å². The first-order chi connectivity index (χ1) is 8.11. The molecule has 0 N–H and O–H groups in total. The number of methoxy groups -OCH3 is 1. The lowest BCUT2D eigenvalue weighted by Gasteiger charge is -2.16. The Kier molecular flexibility index (Phi) is 3.72. The second kappa shape index (κ2) is 5.08. The third-order valence-electron chi connectivity index (χ3n) is 3.07. The molecule has 0 aromatic heterocycles. The topological polar surface area (TPSA) is 29.5 Å². The van der Waals surface area contributed by atoms with Gasteiger partial charge in [-0.05, 0) is 31.0 Å². The SMILES string of the molecule is COc1cc(C(=O)N2CCC(Br)C2)ccc1C. The Balaban J connectivity index is 2.19.